The van der Waals surface area contributed by atoms with Gasteiger partial charge in [0, 0.05) is 0 Å². The van der Waals surface area contributed by atoms with E-state index in [1.165, 1.54) is 15.2 Å². The summed E-state index contributed by atoms with van der Waals surface area (Å²) in [6.07, 6.45) is 0. The van der Waals surface area contributed by atoms with Crippen LogP contribution in [0, 0.1) is 0 Å². The monoisotopic (exact) mass is 307 g/mol. The van der Waals surface area contributed by atoms with Crippen LogP contribution in [0.2, 0.25) is 0 Å². The normalized spacial score (nSPS) is 10.5. The Balaban J connectivity index is 2.44. The van der Waals surface area contributed by atoms with Gasteiger partial charge in [0.05, 0.1) is 0 Å². The van der Waals surface area contributed by atoms with E-state index >= 15 is 0 Å². The minimum atomic E-state index is -0.365. The number of aromatic nitrogens is 1. The molecule has 0 atom stereocenters. The third kappa shape index (κ3) is 2.14. The average Bonchev–Trinajstić information content (AvgIpc) is 2.44. The molecule has 2 nitrogen and oxygen atoms in total. The Kier molecular flexibility index (Phi) is 2.73. The van der Waals surface area contributed by atoms with Gasteiger partial charge < -0.3 is 0 Å². The van der Waals surface area contributed by atoms with Crippen molar-refractivity contribution in [1.82, 2.24) is 4.98 Å². The second-order valence-corrected chi connectivity index (χ2v) is 7.46. The van der Waals surface area contributed by atoms with Crippen LogP contribution in [0.1, 0.15) is 6.92 Å². The molecule has 0 saturated heterocycles. The van der Waals surface area contributed by atoms with Crippen LogP contribution in [0.15, 0.2) is 27.3 Å². The molecular formula is C9H7NOSTe. The van der Waals surface area contributed by atoms with Crippen molar-refractivity contribution in [2.45, 2.75) is 9.97 Å². The van der Waals surface area contributed by atoms with Gasteiger partial charge in [-0.1, -0.05) is 0 Å². The number of nitrogens with zero attached hydrogens (tertiary/aromatic N) is 1. The SMILES string of the molecule is CC(=O)Sc1nc2ccccc2[te]1. The van der Waals surface area contributed by atoms with Gasteiger partial charge in [0.25, 0.3) is 0 Å². The number of carbonyl (C=O) groups is 1. The Hall–Kier alpha value is -0.300. The van der Waals surface area contributed by atoms with E-state index in [4.69, 9.17) is 0 Å². The summed E-state index contributed by atoms with van der Waals surface area (Å²) in [6.45, 7) is 1.59. The number of hydrogen-bond donors (Lipinski definition) is 0. The molecular weight excluding hydrogens is 298 g/mol. The Morgan fingerprint density at radius 2 is 2.23 bits per heavy atom. The van der Waals surface area contributed by atoms with Crippen LogP contribution < -0.4 is 0 Å². The molecule has 1 heterocycles. The van der Waals surface area contributed by atoms with Crippen LogP contribution in [0.3, 0.4) is 0 Å². The molecule has 1 aromatic carbocycles. The third-order valence-electron chi connectivity index (χ3n) is 1.51. The fourth-order valence-electron chi connectivity index (χ4n) is 1.02. The Bertz CT molecular complexity index is 419. The van der Waals surface area contributed by atoms with Crippen molar-refractivity contribution in [3.8, 4) is 0 Å². The van der Waals surface area contributed by atoms with Gasteiger partial charge in [0.2, 0.25) is 0 Å². The zero-order chi connectivity index (χ0) is 9.26. The summed E-state index contributed by atoms with van der Waals surface area (Å²) in [5, 5.41) is 0.136. The van der Waals surface area contributed by atoms with Crippen LogP contribution in [0.4, 0.5) is 0 Å². The van der Waals surface area contributed by atoms with E-state index in [9.17, 15) is 4.79 Å². The number of para-hydroxylation sites is 1. The molecule has 0 radical (unpaired) electrons. The number of carbonyl (C=O) groups excluding carboxylic acids is 1. The molecule has 66 valence electrons. The van der Waals surface area contributed by atoms with E-state index in [2.05, 4.69) is 11.1 Å². The molecule has 0 aliphatic carbocycles. The number of benzene rings is 1. The van der Waals surface area contributed by atoms with Gasteiger partial charge in [-0.15, -0.1) is 0 Å². The molecule has 13 heavy (non-hydrogen) atoms. The van der Waals surface area contributed by atoms with E-state index < -0.39 is 0 Å². The maximum absolute atomic E-state index is 10.9. The number of hydrogen-bond acceptors (Lipinski definition) is 3. The van der Waals surface area contributed by atoms with Crippen molar-refractivity contribution in [3.63, 3.8) is 0 Å². The van der Waals surface area contributed by atoms with Crippen molar-refractivity contribution < 1.29 is 4.79 Å². The molecule has 1 aromatic heterocycles. The summed E-state index contributed by atoms with van der Waals surface area (Å²) >= 11 is 0.922. The van der Waals surface area contributed by atoms with Gasteiger partial charge >= 0.3 is 90.2 Å². The van der Waals surface area contributed by atoms with Crippen molar-refractivity contribution in [2.75, 3.05) is 0 Å². The fourth-order valence-corrected chi connectivity index (χ4v) is 5.40. The Morgan fingerprint density at radius 1 is 1.46 bits per heavy atom. The van der Waals surface area contributed by atoms with Crippen molar-refractivity contribution in [1.29, 1.82) is 0 Å². The van der Waals surface area contributed by atoms with Gasteiger partial charge in [-0.25, -0.2) is 0 Å². The van der Waals surface area contributed by atoms with E-state index in [0.29, 0.717) is 0 Å². The van der Waals surface area contributed by atoms with Gasteiger partial charge in [-0.2, -0.15) is 0 Å². The first kappa shape index (κ1) is 9.26. The van der Waals surface area contributed by atoms with Crippen LogP contribution in [-0.4, -0.2) is 30.5 Å². The van der Waals surface area contributed by atoms with Gasteiger partial charge in [0.1, 0.15) is 0 Å². The number of rotatable bonds is 1. The first-order valence-corrected chi connectivity index (χ1v) is 6.94. The van der Waals surface area contributed by atoms with Gasteiger partial charge in [-0.3, -0.25) is 0 Å². The van der Waals surface area contributed by atoms with Crippen LogP contribution in [0.5, 0.6) is 0 Å². The van der Waals surface area contributed by atoms with Crippen molar-refractivity contribution >= 4 is 46.2 Å². The summed E-state index contributed by atoms with van der Waals surface area (Å²) in [4.78, 5) is 15.3. The Labute approximate surface area is 90.0 Å². The zero-order valence-electron chi connectivity index (χ0n) is 6.98. The second-order valence-electron chi connectivity index (χ2n) is 2.54. The molecule has 2 aromatic rings. The molecule has 0 spiro atoms. The summed E-state index contributed by atoms with van der Waals surface area (Å²) in [5.41, 5.74) is 1.06. The molecule has 2 rings (SSSR count). The zero-order valence-corrected chi connectivity index (χ0v) is 10.1. The predicted octanol–water partition coefficient (Wildman–Crippen LogP) is 1.93. The summed E-state index contributed by atoms with van der Waals surface area (Å²) in [6, 6.07) is 8.12. The fraction of sp³-hybridized carbons (Fsp3) is 0.111. The first-order valence-electron chi connectivity index (χ1n) is 3.80. The van der Waals surface area contributed by atoms with E-state index in [-0.39, 0.29) is 25.5 Å². The van der Waals surface area contributed by atoms with Crippen molar-refractivity contribution in [2.24, 2.45) is 0 Å². The molecule has 0 saturated carbocycles. The van der Waals surface area contributed by atoms with Gasteiger partial charge in [-0.05, 0) is 0 Å². The third-order valence-corrected chi connectivity index (χ3v) is 5.70. The van der Waals surface area contributed by atoms with E-state index in [0.717, 1.165) is 8.56 Å². The van der Waals surface area contributed by atoms with E-state index in [1.54, 1.807) is 6.92 Å². The molecule has 4 heteroatoms. The van der Waals surface area contributed by atoms with Crippen LogP contribution >= 0.6 is 11.8 Å². The van der Waals surface area contributed by atoms with Crippen LogP contribution in [0.25, 0.3) is 8.92 Å². The number of fused-ring (bicyclic) bond motifs is 1. The molecule has 0 aliphatic rings. The molecule has 0 fully saturated rings. The second kappa shape index (κ2) is 3.83. The molecule has 0 amide bonds. The summed E-state index contributed by atoms with van der Waals surface area (Å²) in [5.74, 6) is 0. The van der Waals surface area contributed by atoms with E-state index in [1.807, 2.05) is 18.2 Å². The summed E-state index contributed by atoms with van der Waals surface area (Å²) in [7, 11) is 0. The standard InChI is InChI=1S/C9H7NOSTe/c1-6(11)12-9-10-7-4-2-3-5-8(7)13-9/h2-5H,1H3. The maximum atomic E-state index is 10.9. The quantitative estimate of drug-likeness (QED) is 0.596. The van der Waals surface area contributed by atoms with Gasteiger partial charge in [0.15, 0.2) is 0 Å². The molecule has 0 bridgehead atoms. The first-order chi connectivity index (χ1) is 6.25. The summed E-state index contributed by atoms with van der Waals surface area (Å²) < 4.78 is 2.38. The minimum absolute atomic E-state index is 0.136. The van der Waals surface area contributed by atoms with Crippen molar-refractivity contribution in [3.05, 3.63) is 24.3 Å². The van der Waals surface area contributed by atoms with Crippen LogP contribution in [-0.2, 0) is 4.79 Å². The number of thioether (sulfide) groups is 1. The molecule has 0 aliphatic heterocycles. The average molecular weight is 305 g/mol. The molecule has 0 unspecified atom stereocenters. The molecule has 0 N–H and O–H groups in total. The predicted molar refractivity (Wildman–Crippen MR) is 55.2 cm³/mol. The Morgan fingerprint density at radius 3 is 2.92 bits per heavy atom. The topological polar surface area (TPSA) is 30.0 Å².